The zero-order valence-corrected chi connectivity index (χ0v) is 15.3. The van der Waals surface area contributed by atoms with Crippen LogP contribution in [-0.2, 0) is 7.05 Å². The summed E-state index contributed by atoms with van der Waals surface area (Å²) in [6.45, 7) is 0. The van der Waals surface area contributed by atoms with Gasteiger partial charge in [0.15, 0.2) is 5.69 Å². The number of amides is 1. The number of rotatable bonds is 2. The monoisotopic (exact) mass is 382 g/mol. The number of nitrogens with zero attached hydrogens (tertiary/aromatic N) is 3. The molecule has 5 rings (SSSR count). The van der Waals surface area contributed by atoms with Gasteiger partial charge in [-0.15, -0.1) is 0 Å². The van der Waals surface area contributed by atoms with Gasteiger partial charge in [0.1, 0.15) is 5.71 Å². The van der Waals surface area contributed by atoms with Crippen LogP contribution in [0.3, 0.4) is 0 Å². The largest absolute Gasteiger partial charge is 0.292 e. The van der Waals surface area contributed by atoms with Crippen molar-refractivity contribution in [2.75, 3.05) is 0 Å². The lowest BCUT2D eigenvalue weighted by atomic mass is 10.1. The highest BCUT2D eigenvalue weighted by Gasteiger charge is 2.29. The van der Waals surface area contributed by atoms with Crippen LogP contribution in [0, 0.1) is 0 Å². The summed E-state index contributed by atoms with van der Waals surface area (Å²) < 4.78 is 1.11. The second-order valence-electron chi connectivity index (χ2n) is 6.76. The van der Waals surface area contributed by atoms with Crippen LogP contribution in [0.1, 0.15) is 26.4 Å². The Kier molecular flexibility index (Phi) is 3.64. The molecule has 7 nitrogen and oxygen atoms in total. The fourth-order valence-corrected chi connectivity index (χ4v) is 3.72. The fourth-order valence-electron chi connectivity index (χ4n) is 3.72. The number of benzene rings is 3. The third-order valence-corrected chi connectivity index (χ3v) is 5.06. The maximum Gasteiger partial charge on any atom is 0.292 e. The number of hydrogen-bond donors (Lipinski definition) is 1. The summed E-state index contributed by atoms with van der Waals surface area (Å²) in [6.07, 6.45) is 0. The Labute approximate surface area is 164 Å². The molecule has 3 aromatic carbocycles. The molecule has 0 saturated heterocycles. The van der Waals surface area contributed by atoms with Crippen LogP contribution >= 0.6 is 0 Å². The summed E-state index contributed by atoms with van der Waals surface area (Å²) in [7, 11) is 1.48. The summed E-state index contributed by atoms with van der Waals surface area (Å²) in [6, 6.07) is 17.8. The second-order valence-corrected chi connectivity index (χ2v) is 6.76. The summed E-state index contributed by atoms with van der Waals surface area (Å²) in [5.41, 5.74) is 3.64. The minimum atomic E-state index is -0.597. The van der Waals surface area contributed by atoms with Crippen LogP contribution in [-0.4, -0.2) is 27.2 Å². The topological polar surface area (TPSA) is 93.4 Å². The molecule has 29 heavy (non-hydrogen) atoms. The lowest BCUT2D eigenvalue weighted by Gasteiger charge is -2.07. The standard InChI is InChI=1S/C22H14N4O3/c1-26-22(29)14-9-3-2-8-13(14)19(25-26)21(28)24-23-18-15-10-4-6-12-7-5-11-16(17(12)15)20(18)27/h2-11H,1H3,(H,24,28)/b23-18+. The van der Waals surface area contributed by atoms with Gasteiger partial charge in [0.25, 0.3) is 11.5 Å². The average molecular weight is 382 g/mol. The van der Waals surface area contributed by atoms with Crippen molar-refractivity contribution >= 4 is 38.9 Å². The zero-order chi connectivity index (χ0) is 20.1. The minimum Gasteiger partial charge on any atom is -0.287 e. The molecule has 0 atom stereocenters. The summed E-state index contributed by atoms with van der Waals surface area (Å²) in [5, 5.41) is 10.8. The molecule has 0 bridgehead atoms. The van der Waals surface area contributed by atoms with E-state index in [1.807, 2.05) is 30.3 Å². The van der Waals surface area contributed by atoms with Crippen molar-refractivity contribution in [3.8, 4) is 0 Å². The van der Waals surface area contributed by atoms with E-state index >= 15 is 0 Å². The molecular weight excluding hydrogens is 368 g/mol. The van der Waals surface area contributed by atoms with Gasteiger partial charge in [-0.25, -0.2) is 10.1 Å². The molecule has 140 valence electrons. The third-order valence-electron chi connectivity index (χ3n) is 5.06. The zero-order valence-electron chi connectivity index (χ0n) is 15.3. The maximum absolute atomic E-state index is 12.8. The predicted molar refractivity (Wildman–Crippen MR) is 109 cm³/mol. The third kappa shape index (κ3) is 2.48. The highest BCUT2D eigenvalue weighted by Crippen LogP contribution is 2.30. The Hall–Kier alpha value is -4.13. The van der Waals surface area contributed by atoms with Crippen molar-refractivity contribution in [1.82, 2.24) is 15.2 Å². The van der Waals surface area contributed by atoms with Crippen LogP contribution in [0.25, 0.3) is 21.5 Å². The van der Waals surface area contributed by atoms with Crippen LogP contribution in [0.2, 0.25) is 0 Å². The molecule has 0 fully saturated rings. The van der Waals surface area contributed by atoms with E-state index in [1.54, 1.807) is 30.3 Å². The van der Waals surface area contributed by atoms with Gasteiger partial charge in [0, 0.05) is 28.9 Å². The van der Waals surface area contributed by atoms with Crippen LogP contribution in [0.15, 0.2) is 70.6 Å². The average Bonchev–Trinajstić information content (AvgIpc) is 3.02. The van der Waals surface area contributed by atoms with E-state index in [1.165, 1.54) is 7.05 Å². The number of fused-ring (bicyclic) bond motifs is 1. The number of Topliss-reactive ketones (excluding diaryl/α,β-unsaturated/α-hetero) is 1. The first-order valence-corrected chi connectivity index (χ1v) is 8.97. The van der Waals surface area contributed by atoms with Gasteiger partial charge in [-0.2, -0.15) is 10.2 Å². The van der Waals surface area contributed by atoms with Crippen molar-refractivity contribution in [3.05, 3.63) is 87.8 Å². The number of nitrogens with one attached hydrogen (secondary N) is 1. The van der Waals surface area contributed by atoms with E-state index in [4.69, 9.17) is 0 Å². The quantitative estimate of drug-likeness (QED) is 0.539. The first-order chi connectivity index (χ1) is 14.1. The van der Waals surface area contributed by atoms with E-state index in [2.05, 4.69) is 15.6 Å². The molecule has 0 unspecified atom stereocenters. The molecule has 7 heteroatoms. The summed E-state index contributed by atoms with van der Waals surface area (Å²) >= 11 is 0. The van der Waals surface area contributed by atoms with Gasteiger partial charge in [0.2, 0.25) is 5.78 Å². The molecule has 0 radical (unpaired) electrons. The Morgan fingerprint density at radius 2 is 1.62 bits per heavy atom. The molecule has 1 aliphatic rings. The number of ketones is 1. The maximum atomic E-state index is 12.8. The molecule has 1 aliphatic carbocycles. The van der Waals surface area contributed by atoms with Crippen LogP contribution in [0.5, 0.6) is 0 Å². The van der Waals surface area contributed by atoms with Gasteiger partial charge in [-0.3, -0.25) is 14.4 Å². The van der Waals surface area contributed by atoms with E-state index < -0.39 is 5.91 Å². The number of carbonyl (C=O) groups is 2. The van der Waals surface area contributed by atoms with Gasteiger partial charge in [0.05, 0.1) is 5.39 Å². The van der Waals surface area contributed by atoms with Gasteiger partial charge >= 0.3 is 0 Å². The molecule has 0 spiro atoms. The number of aryl methyl sites for hydroxylation is 1. The molecule has 1 aromatic heterocycles. The number of carbonyl (C=O) groups excluding carboxylic acids is 2. The van der Waals surface area contributed by atoms with Crippen LogP contribution < -0.4 is 11.0 Å². The van der Waals surface area contributed by atoms with Crippen molar-refractivity contribution in [2.45, 2.75) is 0 Å². The van der Waals surface area contributed by atoms with Crippen molar-refractivity contribution < 1.29 is 9.59 Å². The van der Waals surface area contributed by atoms with Gasteiger partial charge in [-0.1, -0.05) is 54.6 Å². The van der Waals surface area contributed by atoms with E-state index in [0.29, 0.717) is 21.9 Å². The summed E-state index contributed by atoms with van der Waals surface area (Å²) in [4.78, 5) is 37.8. The minimum absolute atomic E-state index is 0.0632. The Morgan fingerprint density at radius 3 is 2.38 bits per heavy atom. The summed E-state index contributed by atoms with van der Waals surface area (Å²) in [5.74, 6) is -0.837. The first-order valence-electron chi connectivity index (χ1n) is 8.97. The van der Waals surface area contributed by atoms with E-state index in [0.717, 1.165) is 15.5 Å². The lowest BCUT2D eigenvalue weighted by Crippen LogP contribution is -2.28. The Balaban J connectivity index is 1.57. The smallest absolute Gasteiger partial charge is 0.287 e. The number of aromatic nitrogens is 2. The Morgan fingerprint density at radius 1 is 0.931 bits per heavy atom. The second kappa shape index (κ2) is 6.20. The van der Waals surface area contributed by atoms with Crippen molar-refractivity contribution in [3.63, 3.8) is 0 Å². The molecule has 4 aromatic rings. The highest BCUT2D eigenvalue weighted by molar-refractivity contribution is 6.59. The van der Waals surface area contributed by atoms with Gasteiger partial charge in [-0.05, 0) is 11.5 Å². The number of hydrogen-bond acceptors (Lipinski definition) is 5. The van der Waals surface area contributed by atoms with E-state index in [9.17, 15) is 14.4 Å². The normalized spacial score (nSPS) is 14.1. The number of hydrazone groups is 1. The lowest BCUT2D eigenvalue weighted by molar-refractivity contribution is 0.0949. The van der Waals surface area contributed by atoms with E-state index in [-0.39, 0.29) is 22.7 Å². The molecular formula is C22H14N4O3. The SMILES string of the molecule is Cn1nc(C(=O)N/N=C2/C(=O)c3cccc4cccc2c34)c2ccccc2c1=O. The highest BCUT2D eigenvalue weighted by atomic mass is 16.2. The van der Waals surface area contributed by atoms with Crippen molar-refractivity contribution in [2.24, 2.45) is 12.1 Å². The molecule has 1 N–H and O–H groups in total. The molecule has 1 heterocycles. The first kappa shape index (κ1) is 17.0. The van der Waals surface area contributed by atoms with Gasteiger partial charge < -0.3 is 0 Å². The molecule has 0 saturated carbocycles. The van der Waals surface area contributed by atoms with Crippen LogP contribution in [0.4, 0.5) is 0 Å². The Bertz CT molecular complexity index is 1440. The predicted octanol–water partition coefficient (Wildman–Crippen LogP) is 2.42. The molecule has 1 amide bonds. The molecule has 0 aliphatic heterocycles. The fraction of sp³-hybridized carbons (Fsp3) is 0.0455. The van der Waals surface area contributed by atoms with Crippen molar-refractivity contribution in [1.29, 1.82) is 0 Å².